The lowest BCUT2D eigenvalue weighted by Crippen LogP contribution is -2.32. The van der Waals surface area contributed by atoms with Crippen LogP contribution >= 0.6 is 11.8 Å². The van der Waals surface area contributed by atoms with E-state index in [-0.39, 0.29) is 35.8 Å². The van der Waals surface area contributed by atoms with E-state index in [0.29, 0.717) is 11.1 Å². The Balaban J connectivity index is 2.28. The number of fused-ring (bicyclic) bond motifs is 1. The van der Waals surface area contributed by atoms with Gasteiger partial charge in [0.2, 0.25) is 10.0 Å². The number of rotatable bonds is 9. The van der Waals surface area contributed by atoms with Gasteiger partial charge in [-0.05, 0) is 74.5 Å². The van der Waals surface area contributed by atoms with Crippen molar-refractivity contribution in [2.75, 3.05) is 27.7 Å². The Morgan fingerprint density at radius 2 is 1.86 bits per heavy atom. The van der Waals surface area contributed by atoms with Gasteiger partial charge >= 0.3 is 0 Å². The zero-order chi connectivity index (χ0) is 26.8. The number of halogens is 2. The highest BCUT2D eigenvalue weighted by molar-refractivity contribution is 7.89. The van der Waals surface area contributed by atoms with Crippen molar-refractivity contribution in [3.63, 3.8) is 0 Å². The van der Waals surface area contributed by atoms with E-state index in [9.17, 15) is 17.6 Å². The topological polar surface area (TPSA) is 74.7 Å². The van der Waals surface area contributed by atoms with Crippen LogP contribution in [0, 0.1) is 6.92 Å². The summed E-state index contributed by atoms with van der Waals surface area (Å²) in [5, 5.41) is 0.734. The zero-order valence-electron chi connectivity index (χ0n) is 21.3. The molecule has 0 atom stereocenters. The van der Waals surface area contributed by atoms with E-state index >= 15 is 0 Å². The first kappa shape index (κ1) is 27.9. The molecule has 3 rings (SSSR count). The molecule has 1 N–H and O–H groups in total. The van der Waals surface area contributed by atoms with Gasteiger partial charge < -0.3 is 9.47 Å². The lowest BCUT2D eigenvalue weighted by Gasteiger charge is -2.21. The number of hydrogen-bond acceptors (Lipinski definition) is 4. The summed E-state index contributed by atoms with van der Waals surface area (Å²) in [6.45, 7) is 5.87. The van der Waals surface area contributed by atoms with Crippen LogP contribution in [0.25, 0.3) is 22.0 Å². The quantitative estimate of drug-likeness (QED) is 0.394. The first-order valence-electron chi connectivity index (χ1n) is 11.5. The van der Waals surface area contributed by atoms with Crippen LogP contribution in [0.4, 0.5) is 4.39 Å². The maximum absolute atomic E-state index is 14.7. The molecule has 194 valence electrons. The highest BCUT2D eigenvalue weighted by Crippen LogP contribution is 2.37. The summed E-state index contributed by atoms with van der Waals surface area (Å²) in [5.41, 5.74) is 3.37. The largest absolute Gasteiger partial charge is 0.339 e. The predicted molar refractivity (Wildman–Crippen MR) is 143 cm³/mol. The minimum atomic E-state index is -3.66. The van der Waals surface area contributed by atoms with Crippen LogP contribution in [-0.4, -0.2) is 61.8 Å². The lowest BCUT2D eigenvalue weighted by atomic mass is 10.0. The summed E-state index contributed by atoms with van der Waals surface area (Å²) >= 11 is 5.47. The van der Waals surface area contributed by atoms with Crippen molar-refractivity contribution in [1.82, 2.24) is 18.6 Å². The molecule has 0 fully saturated rings. The predicted octanol–water partition coefficient (Wildman–Crippen LogP) is 4.94. The molecular formula is C26H32ClFN4O3S. The fraction of sp³-hybridized carbons (Fsp3) is 0.346. The van der Waals surface area contributed by atoms with E-state index in [1.165, 1.54) is 20.2 Å². The van der Waals surface area contributed by atoms with Crippen molar-refractivity contribution in [3.8, 4) is 11.1 Å². The van der Waals surface area contributed by atoms with Gasteiger partial charge in [-0.1, -0.05) is 12.1 Å². The summed E-state index contributed by atoms with van der Waals surface area (Å²) in [5.74, 6) is -0.509. The van der Waals surface area contributed by atoms with Gasteiger partial charge in [0, 0.05) is 61.5 Å². The number of carbonyl (C=O) groups excluding carboxylic acids is 1. The first-order valence-corrected chi connectivity index (χ1v) is 13.3. The minimum Gasteiger partial charge on any atom is -0.339 e. The van der Waals surface area contributed by atoms with Crippen LogP contribution in [0.1, 0.15) is 29.9 Å². The molecule has 36 heavy (non-hydrogen) atoms. The van der Waals surface area contributed by atoms with Crippen molar-refractivity contribution >= 4 is 38.6 Å². The first-order chi connectivity index (χ1) is 16.9. The summed E-state index contributed by atoms with van der Waals surface area (Å²) in [4.78, 5) is 17.3. The van der Waals surface area contributed by atoms with Crippen LogP contribution < -0.4 is 4.84 Å². The maximum atomic E-state index is 14.7. The van der Waals surface area contributed by atoms with Gasteiger partial charge in [-0.2, -0.15) is 0 Å². The standard InChI is InChI=1S/C26H32ClFN4O3S/c1-17(2)31(6)26(33)20-10-11-24-23(15-20)25(18(3)32(24)16-21(28)12-13-29-27)19-8-7-9-22(14-19)36(34,35)30(4)5/h7-12,14-15,17,29H,13,16H2,1-6H3/b21-12-. The average molecular weight is 535 g/mol. The van der Waals surface area contributed by atoms with Crippen molar-refractivity contribution in [3.05, 3.63) is 65.6 Å². The Morgan fingerprint density at radius 3 is 2.47 bits per heavy atom. The van der Waals surface area contributed by atoms with Crippen LogP contribution in [0.5, 0.6) is 0 Å². The Hall–Kier alpha value is -2.72. The Bertz CT molecular complexity index is 1410. The Morgan fingerprint density at radius 1 is 1.17 bits per heavy atom. The van der Waals surface area contributed by atoms with Gasteiger partial charge in [0.05, 0.1) is 11.4 Å². The third kappa shape index (κ3) is 5.49. The number of carbonyl (C=O) groups is 1. The number of benzene rings is 2. The summed E-state index contributed by atoms with van der Waals surface area (Å²) in [6, 6.07) is 12.0. The number of nitrogens with one attached hydrogen (secondary N) is 1. The SMILES string of the molecule is Cc1c(-c2cccc(S(=O)(=O)N(C)C)c2)c2cc(C(=O)N(C)C(C)C)ccc2n1C/C(F)=C/CNCl. The fourth-order valence-corrected chi connectivity index (χ4v) is 5.03. The molecule has 1 aromatic heterocycles. The van der Waals surface area contributed by atoms with Gasteiger partial charge in [0.1, 0.15) is 5.83 Å². The molecule has 0 aliphatic heterocycles. The molecule has 0 spiro atoms. The van der Waals surface area contributed by atoms with Crippen molar-refractivity contribution in [2.24, 2.45) is 0 Å². The molecule has 0 saturated carbocycles. The van der Waals surface area contributed by atoms with Crippen LogP contribution in [0.2, 0.25) is 0 Å². The van der Waals surface area contributed by atoms with Gasteiger partial charge in [-0.3, -0.25) is 4.79 Å². The van der Waals surface area contributed by atoms with E-state index in [2.05, 4.69) is 4.84 Å². The average Bonchev–Trinajstić information content (AvgIpc) is 3.11. The van der Waals surface area contributed by atoms with E-state index in [1.807, 2.05) is 31.4 Å². The molecule has 7 nitrogen and oxygen atoms in total. The normalized spacial score (nSPS) is 12.7. The van der Waals surface area contributed by atoms with Crippen LogP contribution in [0.3, 0.4) is 0 Å². The number of amides is 1. The molecule has 1 amide bonds. The second-order valence-electron chi connectivity index (χ2n) is 9.09. The van der Waals surface area contributed by atoms with E-state index in [1.54, 1.807) is 48.3 Å². The third-order valence-electron chi connectivity index (χ3n) is 6.28. The molecule has 10 heteroatoms. The van der Waals surface area contributed by atoms with Gasteiger partial charge in [0.15, 0.2) is 0 Å². The van der Waals surface area contributed by atoms with E-state index in [0.717, 1.165) is 26.5 Å². The number of allylic oxidation sites excluding steroid dienone is 1. The van der Waals surface area contributed by atoms with E-state index < -0.39 is 10.0 Å². The number of nitrogens with zero attached hydrogens (tertiary/aromatic N) is 3. The number of aromatic nitrogens is 1. The highest BCUT2D eigenvalue weighted by atomic mass is 35.5. The highest BCUT2D eigenvalue weighted by Gasteiger charge is 2.23. The molecule has 0 saturated heterocycles. The molecule has 0 bridgehead atoms. The van der Waals surface area contributed by atoms with Gasteiger partial charge in [-0.25, -0.2) is 21.9 Å². The smallest absolute Gasteiger partial charge is 0.253 e. The molecule has 3 aromatic rings. The van der Waals surface area contributed by atoms with Gasteiger partial charge in [0.25, 0.3) is 5.91 Å². The van der Waals surface area contributed by atoms with Crippen molar-refractivity contribution in [1.29, 1.82) is 0 Å². The van der Waals surface area contributed by atoms with Crippen LogP contribution in [0.15, 0.2) is 59.3 Å². The summed E-state index contributed by atoms with van der Waals surface area (Å²) in [7, 11) is 1.04. The molecule has 0 aliphatic rings. The molecule has 0 radical (unpaired) electrons. The van der Waals surface area contributed by atoms with Gasteiger partial charge in [-0.15, -0.1) is 0 Å². The second kappa shape index (κ2) is 11.1. The summed E-state index contributed by atoms with van der Waals surface area (Å²) < 4.78 is 43.3. The number of sulfonamides is 1. The Labute approximate surface area is 217 Å². The molecular weight excluding hydrogens is 503 g/mol. The zero-order valence-corrected chi connectivity index (χ0v) is 22.9. The maximum Gasteiger partial charge on any atom is 0.253 e. The van der Waals surface area contributed by atoms with E-state index in [4.69, 9.17) is 11.8 Å². The molecule has 0 unspecified atom stereocenters. The fourth-order valence-electron chi connectivity index (χ4n) is 4.01. The number of hydrogen-bond donors (Lipinski definition) is 1. The third-order valence-corrected chi connectivity index (χ3v) is 8.24. The minimum absolute atomic E-state index is 0.0155. The van der Waals surface area contributed by atoms with Crippen molar-refractivity contribution < 1.29 is 17.6 Å². The summed E-state index contributed by atoms with van der Waals surface area (Å²) in [6.07, 6.45) is 1.36. The van der Waals surface area contributed by atoms with Crippen LogP contribution in [-0.2, 0) is 16.6 Å². The molecule has 0 aliphatic carbocycles. The second-order valence-corrected chi connectivity index (χ2v) is 11.5. The lowest BCUT2D eigenvalue weighted by molar-refractivity contribution is 0.0755. The Kier molecular flexibility index (Phi) is 8.61. The monoisotopic (exact) mass is 534 g/mol. The molecule has 1 heterocycles. The van der Waals surface area contributed by atoms with Crippen molar-refractivity contribution in [2.45, 2.75) is 38.3 Å². The molecule has 2 aromatic carbocycles.